The summed E-state index contributed by atoms with van der Waals surface area (Å²) in [6, 6.07) is 0. The third-order valence-corrected chi connectivity index (χ3v) is 7.87. The first-order valence-electron chi connectivity index (χ1n) is 10.7. The average molecular weight is 538 g/mol. The first-order chi connectivity index (χ1) is 16.5. The smallest absolute Gasteiger partial charge is 0.319 e. The number of nitrogens with one attached hydrogen (secondary N) is 1. The second-order valence-corrected chi connectivity index (χ2v) is 10.8. The highest BCUT2D eigenvalue weighted by molar-refractivity contribution is 8.13. The van der Waals surface area contributed by atoms with Gasteiger partial charge < -0.3 is 29.7 Å². The van der Waals surface area contributed by atoms with E-state index < -0.39 is 56.5 Å². The number of rotatable bonds is 11. The zero-order valence-corrected chi connectivity index (χ0v) is 21.2. The summed E-state index contributed by atoms with van der Waals surface area (Å²) in [6.07, 6.45) is -3.03. The van der Waals surface area contributed by atoms with E-state index in [-0.39, 0.29) is 34.6 Å². The van der Waals surface area contributed by atoms with E-state index >= 15 is 0 Å². The predicted molar refractivity (Wildman–Crippen MR) is 126 cm³/mol. The summed E-state index contributed by atoms with van der Waals surface area (Å²) in [4.78, 5) is 34.2. The fourth-order valence-corrected chi connectivity index (χ4v) is 5.04. The number of anilines is 1. The molecule has 13 nitrogen and oxygen atoms in total. The molecule has 35 heavy (non-hydrogen) atoms. The Labute approximate surface area is 204 Å². The molecule has 1 saturated heterocycles. The van der Waals surface area contributed by atoms with Crippen LogP contribution in [0.15, 0.2) is 11.1 Å². The third kappa shape index (κ3) is 5.77. The Kier molecular flexibility index (Phi) is 8.73. The molecule has 1 aliphatic heterocycles. The number of carbonyl (C=O) groups is 1. The van der Waals surface area contributed by atoms with Crippen molar-refractivity contribution >= 4 is 42.2 Å². The third-order valence-electron chi connectivity index (χ3n) is 5.87. The highest BCUT2D eigenvalue weighted by Crippen LogP contribution is 2.41. The van der Waals surface area contributed by atoms with E-state index in [1.165, 1.54) is 0 Å². The number of imidazole rings is 1. The highest BCUT2D eigenvalue weighted by Gasteiger charge is 2.56. The number of thioether (sulfide) groups is 1. The van der Waals surface area contributed by atoms with E-state index in [1.54, 1.807) is 0 Å². The molecule has 1 unspecified atom stereocenters. The topological polar surface area (TPSA) is 192 Å². The van der Waals surface area contributed by atoms with Gasteiger partial charge in [-0.1, -0.05) is 32.5 Å². The number of H-pyrrole nitrogens is 1. The fourth-order valence-electron chi connectivity index (χ4n) is 3.29. The van der Waals surface area contributed by atoms with Crippen molar-refractivity contribution in [1.82, 2.24) is 19.5 Å². The molecular formula is C19H29FN5O8PS. The normalized spacial score (nSPS) is 25.8. The molecule has 1 aliphatic rings. The van der Waals surface area contributed by atoms with Gasteiger partial charge in [0.15, 0.2) is 28.1 Å². The molecule has 0 bridgehead atoms. The van der Waals surface area contributed by atoms with Gasteiger partial charge in [0.1, 0.15) is 18.9 Å². The molecule has 3 rings (SSSR count). The molecule has 0 radical (unpaired) electrons. The van der Waals surface area contributed by atoms with Gasteiger partial charge in [0.05, 0.1) is 19.5 Å². The lowest BCUT2D eigenvalue weighted by Gasteiger charge is -2.28. The van der Waals surface area contributed by atoms with Crippen LogP contribution in [0.5, 0.6) is 0 Å². The molecule has 2 aromatic heterocycles. The van der Waals surface area contributed by atoms with Crippen LogP contribution in [0.1, 0.15) is 33.4 Å². The van der Waals surface area contributed by atoms with Crippen molar-refractivity contribution in [1.29, 1.82) is 0 Å². The number of nitrogens with two attached hydrogens (primary N) is 1. The van der Waals surface area contributed by atoms with Crippen LogP contribution in [0.25, 0.3) is 11.2 Å². The molecular weight excluding hydrogens is 508 g/mol. The quantitative estimate of drug-likeness (QED) is 0.233. The molecule has 3 heterocycles. The van der Waals surface area contributed by atoms with E-state index in [4.69, 9.17) is 19.5 Å². The van der Waals surface area contributed by atoms with Crippen molar-refractivity contribution < 1.29 is 37.7 Å². The van der Waals surface area contributed by atoms with Gasteiger partial charge in [-0.2, -0.15) is 4.98 Å². The molecule has 2 aromatic rings. The monoisotopic (exact) mass is 537 g/mol. The van der Waals surface area contributed by atoms with E-state index in [9.17, 15) is 28.8 Å². The van der Waals surface area contributed by atoms with Crippen LogP contribution in [0, 0.1) is 5.41 Å². The molecule has 196 valence electrons. The second-order valence-electron chi connectivity index (χ2n) is 8.68. The van der Waals surface area contributed by atoms with Gasteiger partial charge >= 0.3 is 8.25 Å². The van der Waals surface area contributed by atoms with Crippen molar-refractivity contribution in [2.24, 2.45) is 5.41 Å². The van der Waals surface area contributed by atoms with Gasteiger partial charge in [0.2, 0.25) is 5.95 Å². The van der Waals surface area contributed by atoms with Gasteiger partial charge in [-0.3, -0.25) is 23.7 Å². The number of nitrogens with zero attached hydrogens (tertiary/aromatic N) is 3. The number of aromatic nitrogens is 4. The SMILES string of the molecule is CCC(C)(C)C(=O)SCCO[PH](=O)OC[C@@]1(CF)O[C@@H](n2cnc3c(=O)[nH]c(N)nc32)[C@H](O)[C@@H]1O. The summed E-state index contributed by atoms with van der Waals surface area (Å²) < 4.78 is 43.2. The van der Waals surface area contributed by atoms with Crippen molar-refractivity contribution in [3.05, 3.63) is 16.7 Å². The number of aromatic amines is 1. The van der Waals surface area contributed by atoms with Crippen LogP contribution < -0.4 is 11.3 Å². The van der Waals surface area contributed by atoms with Crippen molar-refractivity contribution in [3.8, 4) is 0 Å². The molecule has 0 aliphatic carbocycles. The van der Waals surface area contributed by atoms with Crippen LogP contribution in [0.3, 0.4) is 0 Å². The number of alkyl halides is 1. The van der Waals surface area contributed by atoms with E-state index in [0.717, 1.165) is 22.7 Å². The Morgan fingerprint density at radius 2 is 2.17 bits per heavy atom. The van der Waals surface area contributed by atoms with Gasteiger partial charge in [-0.15, -0.1) is 0 Å². The largest absolute Gasteiger partial charge is 0.387 e. The summed E-state index contributed by atoms with van der Waals surface area (Å²) in [5, 5.41) is 21.1. The lowest BCUT2D eigenvalue weighted by Crippen LogP contribution is -2.48. The summed E-state index contributed by atoms with van der Waals surface area (Å²) in [7, 11) is -3.13. The molecule has 5 N–H and O–H groups in total. The number of fused-ring (bicyclic) bond motifs is 1. The highest BCUT2D eigenvalue weighted by atomic mass is 32.2. The summed E-state index contributed by atoms with van der Waals surface area (Å²) in [6.45, 7) is 3.52. The van der Waals surface area contributed by atoms with Gasteiger partial charge in [-0.05, 0) is 6.42 Å². The maximum atomic E-state index is 14.1. The minimum absolute atomic E-state index is 0.0201. The Morgan fingerprint density at radius 3 is 2.83 bits per heavy atom. The number of aliphatic hydroxyl groups excluding tert-OH is 2. The molecule has 5 atom stereocenters. The number of hydrogen-bond donors (Lipinski definition) is 4. The Bertz CT molecular complexity index is 1150. The fraction of sp³-hybridized carbons (Fsp3) is 0.684. The average Bonchev–Trinajstić information content (AvgIpc) is 3.35. The van der Waals surface area contributed by atoms with Gasteiger partial charge in [-0.25, -0.2) is 9.37 Å². The van der Waals surface area contributed by atoms with E-state index in [1.807, 2.05) is 20.8 Å². The maximum absolute atomic E-state index is 14.1. The Morgan fingerprint density at radius 1 is 1.46 bits per heavy atom. The molecule has 0 saturated carbocycles. The first-order valence-corrected chi connectivity index (χ1v) is 13.0. The van der Waals surface area contributed by atoms with Gasteiger partial charge in [0.25, 0.3) is 5.56 Å². The summed E-state index contributed by atoms with van der Waals surface area (Å²) in [5.74, 6) is 0.0327. The lowest BCUT2D eigenvalue weighted by atomic mass is 9.92. The number of aliphatic hydroxyl groups is 2. The molecule has 16 heteroatoms. The molecule has 0 aromatic carbocycles. The molecule has 0 amide bonds. The van der Waals surface area contributed by atoms with Crippen LogP contribution in [-0.4, -0.2) is 78.3 Å². The standard InChI is InChI=1S/C19H29FN5O8PS/c1-4-18(2,3)16(29)35-6-5-31-34(30)32-8-19(7-20)12(27)11(26)15(33-19)25-9-22-10-13(25)23-17(21)24-14(10)28/h9,11-12,15,26-27,34H,4-8H2,1-3H3,(H3,21,23,24,28)/t11-,12+,15-,19-/m1/s1. The van der Waals surface area contributed by atoms with E-state index in [0.29, 0.717) is 6.42 Å². The Hall–Kier alpha value is -1.87. The van der Waals surface area contributed by atoms with Crippen molar-refractivity contribution in [3.63, 3.8) is 0 Å². The number of nitrogen functional groups attached to an aromatic ring is 1. The summed E-state index contributed by atoms with van der Waals surface area (Å²) >= 11 is 1.05. The van der Waals surface area contributed by atoms with Crippen molar-refractivity contribution in [2.75, 3.05) is 31.4 Å². The lowest BCUT2D eigenvalue weighted by molar-refractivity contribution is -0.132. The Balaban J connectivity index is 1.62. The zero-order chi connectivity index (χ0) is 26.0. The van der Waals surface area contributed by atoms with Crippen LogP contribution >= 0.6 is 20.0 Å². The molecule has 1 fully saturated rings. The van der Waals surface area contributed by atoms with Crippen LogP contribution in [0.4, 0.5) is 10.3 Å². The molecule has 0 spiro atoms. The van der Waals surface area contributed by atoms with Crippen molar-refractivity contribution in [2.45, 2.75) is 51.2 Å². The maximum Gasteiger partial charge on any atom is 0.319 e. The number of hydrogen-bond acceptors (Lipinski definition) is 12. The van der Waals surface area contributed by atoms with E-state index in [2.05, 4.69) is 15.0 Å². The minimum atomic E-state index is -3.13. The van der Waals surface area contributed by atoms with Gasteiger partial charge in [0, 0.05) is 11.2 Å². The number of carbonyl (C=O) groups excluding carboxylic acids is 1. The summed E-state index contributed by atoms with van der Waals surface area (Å²) in [5.41, 5.74) is 2.22. The minimum Gasteiger partial charge on any atom is -0.387 e. The van der Waals surface area contributed by atoms with Crippen LogP contribution in [0.2, 0.25) is 0 Å². The zero-order valence-electron chi connectivity index (χ0n) is 19.4. The second kappa shape index (κ2) is 11.0. The number of ether oxygens (including phenoxy) is 1. The first kappa shape index (κ1) is 27.7. The predicted octanol–water partition coefficient (Wildman–Crippen LogP) is 0.780. The van der Waals surface area contributed by atoms with Crippen LogP contribution in [-0.2, 0) is 23.1 Å². The number of halogens is 1.